The van der Waals surface area contributed by atoms with Gasteiger partial charge in [-0.3, -0.25) is 4.79 Å². The van der Waals surface area contributed by atoms with Crippen LogP contribution in [-0.2, 0) is 10.3 Å². The van der Waals surface area contributed by atoms with Crippen molar-refractivity contribution in [1.82, 2.24) is 25.9 Å². The number of aromatic amines is 1. The van der Waals surface area contributed by atoms with Crippen LogP contribution in [0, 0.1) is 0 Å². The Hall–Kier alpha value is -1.46. The average molecular weight is 181 g/mol. The monoisotopic (exact) mass is 181 g/mol. The van der Waals surface area contributed by atoms with E-state index in [0.717, 1.165) is 19.3 Å². The number of aromatic nitrogens is 4. The summed E-state index contributed by atoms with van der Waals surface area (Å²) in [5.74, 6) is 0.540. The van der Waals surface area contributed by atoms with Crippen molar-refractivity contribution < 1.29 is 4.79 Å². The highest BCUT2D eigenvalue weighted by Gasteiger charge is 2.43. The molecule has 0 radical (unpaired) electrons. The molecule has 70 valence electrons. The molecule has 1 aromatic heterocycles. The molecule has 2 N–H and O–H groups in total. The SMILES string of the molecule is CC(=O)NC1(c2nn[nH]n2)CCC1. The van der Waals surface area contributed by atoms with E-state index >= 15 is 0 Å². The first-order chi connectivity index (χ1) is 6.23. The van der Waals surface area contributed by atoms with Crippen molar-refractivity contribution in [2.24, 2.45) is 0 Å². The van der Waals surface area contributed by atoms with Crippen LogP contribution in [0.2, 0.25) is 0 Å². The molecule has 2 rings (SSSR count). The number of rotatable bonds is 2. The minimum absolute atomic E-state index is 0.0514. The third kappa shape index (κ3) is 1.28. The number of nitrogens with one attached hydrogen (secondary N) is 2. The molecular weight excluding hydrogens is 170 g/mol. The Morgan fingerprint density at radius 3 is 2.77 bits per heavy atom. The van der Waals surface area contributed by atoms with Gasteiger partial charge in [-0.15, -0.1) is 10.2 Å². The Morgan fingerprint density at radius 1 is 1.62 bits per heavy atom. The Kier molecular flexibility index (Phi) is 1.75. The largest absolute Gasteiger partial charge is 0.343 e. The van der Waals surface area contributed by atoms with Crippen LogP contribution in [0.4, 0.5) is 0 Å². The molecule has 1 aromatic rings. The summed E-state index contributed by atoms with van der Waals surface area (Å²) >= 11 is 0. The number of hydrogen-bond donors (Lipinski definition) is 2. The molecule has 1 heterocycles. The van der Waals surface area contributed by atoms with E-state index in [-0.39, 0.29) is 11.4 Å². The van der Waals surface area contributed by atoms with E-state index in [2.05, 4.69) is 25.9 Å². The maximum absolute atomic E-state index is 11.0. The van der Waals surface area contributed by atoms with Crippen LogP contribution in [0.15, 0.2) is 0 Å². The highest BCUT2D eigenvalue weighted by atomic mass is 16.1. The molecule has 0 aromatic carbocycles. The molecule has 1 fully saturated rings. The van der Waals surface area contributed by atoms with Gasteiger partial charge in [0.25, 0.3) is 0 Å². The molecule has 1 aliphatic rings. The second-order valence-electron chi connectivity index (χ2n) is 3.35. The summed E-state index contributed by atoms with van der Waals surface area (Å²) in [6.45, 7) is 1.50. The predicted molar refractivity (Wildman–Crippen MR) is 43.5 cm³/mol. The van der Waals surface area contributed by atoms with Gasteiger partial charge < -0.3 is 5.32 Å². The number of nitrogens with zero attached hydrogens (tertiary/aromatic N) is 3. The van der Waals surface area contributed by atoms with Crippen LogP contribution in [0.5, 0.6) is 0 Å². The Labute approximate surface area is 75.1 Å². The number of carbonyl (C=O) groups is 1. The second kappa shape index (κ2) is 2.79. The fourth-order valence-electron chi connectivity index (χ4n) is 1.64. The van der Waals surface area contributed by atoms with E-state index in [1.54, 1.807) is 0 Å². The van der Waals surface area contributed by atoms with Gasteiger partial charge in [0.2, 0.25) is 5.91 Å². The Morgan fingerprint density at radius 2 is 2.38 bits per heavy atom. The van der Waals surface area contributed by atoms with Gasteiger partial charge in [0.05, 0.1) is 0 Å². The molecule has 1 amide bonds. The molecule has 0 bridgehead atoms. The van der Waals surface area contributed by atoms with Crippen molar-refractivity contribution in [3.8, 4) is 0 Å². The van der Waals surface area contributed by atoms with Crippen molar-refractivity contribution in [1.29, 1.82) is 0 Å². The van der Waals surface area contributed by atoms with Crippen LogP contribution in [0.3, 0.4) is 0 Å². The summed E-state index contributed by atoms with van der Waals surface area (Å²) in [7, 11) is 0. The molecule has 0 atom stereocenters. The topological polar surface area (TPSA) is 83.6 Å². The van der Waals surface area contributed by atoms with Gasteiger partial charge in [0, 0.05) is 6.92 Å². The van der Waals surface area contributed by atoms with Crippen molar-refractivity contribution in [3.63, 3.8) is 0 Å². The smallest absolute Gasteiger partial charge is 0.217 e. The normalized spacial score (nSPS) is 19.2. The highest BCUT2D eigenvalue weighted by molar-refractivity contribution is 5.74. The number of carbonyl (C=O) groups excluding carboxylic acids is 1. The summed E-state index contributed by atoms with van der Waals surface area (Å²) in [5, 5.41) is 16.6. The first-order valence-electron chi connectivity index (χ1n) is 4.26. The van der Waals surface area contributed by atoms with Gasteiger partial charge in [-0.2, -0.15) is 5.21 Å². The van der Waals surface area contributed by atoms with Crippen molar-refractivity contribution >= 4 is 5.91 Å². The first-order valence-corrected chi connectivity index (χ1v) is 4.26. The second-order valence-corrected chi connectivity index (χ2v) is 3.35. The van der Waals surface area contributed by atoms with Crippen molar-refractivity contribution in [3.05, 3.63) is 5.82 Å². The minimum atomic E-state index is -0.348. The molecule has 13 heavy (non-hydrogen) atoms. The fraction of sp³-hybridized carbons (Fsp3) is 0.714. The summed E-state index contributed by atoms with van der Waals surface area (Å²) in [6.07, 6.45) is 2.88. The quantitative estimate of drug-likeness (QED) is 0.657. The molecule has 0 spiro atoms. The maximum Gasteiger partial charge on any atom is 0.217 e. The standard InChI is InChI=1S/C7H11N5O/c1-5(13)8-7(3-2-4-7)6-9-11-12-10-6/h2-4H2,1H3,(H,8,13)(H,9,10,11,12). The molecule has 1 saturated carbocycles. The third-order valence-electron chi connectivity index (χ3n) is 2.40. The van der Waals surface area contributed by atoms with E-state index in [1.807, 2.05) is 0 Å². The third-order valence-corrected chi connectivity index (χ3v) is 2.40. The van der Waals surface area contributed by atoms with Crippen LogP contribution >= 0.6 is 0 Å². The molecule has 0 aliphatic heterocycles. The molecule has 6 nitrogen and oxygen atoms in total. The molecule has 0 unspecified atom stereocenters. The minimum Gasteiger partial charge on any atom is -0.343 e. The lowest BCUT2D eigenvalue weighted by Gasteiger charge is -2.39. The molecular formula is C7H11N5O. The van der Waals surface area contributed by atoms with Gasteiger partial charge in [0.15, 0.2) is 5.82 Å². The van der Waals surface area contributed by atoms with Gasteiger partial charge in [-0.1, -0.05) is 5.21 Å². The zero-order chi connectivity index (χ0) is 9.31. The zero-order valence-corrected chi connectivity index (χ0v) is 7.37. The molecule has 1 aliphatic carbocycles. The first kappa shape index (κ1) is 8.15. The van der Waals surface area contributed by atoms with Crippen LogP contribution in [-0.4, -0.2) is 26.5 Å². The van der Waals surface area contributed by atoms with Crippen molar-refractivity contribution in [2.75, 3.05) is 0 Å². The summed E-state index contributed by atoms with van der Waals surface area (Å²) in [5.41, 5.74) is -0.348. The average Bonchev–Trinajstić information content (AvgIpc) is 2.48. The lowest BCUT2D eigenvalue weighted by atomic mass is 9.76. The van der Waals surface area contributed by atoms with Gasteiger partial charge in [-0.25, -0.2) is 0 Å². The van der Waals surface area contributed by atoms with Gasteiger partial charge in [0.1, 0.15) is 5.54 Å². The number of H-pyrrole nitrogens is 1. The zero-order valence-electron chi connectivity index (χ0n) is 7.37. The number of hydrogen-bond acceptors (Lipinski definition) is 4. The predicted octanol–water partition coefficient (Wildman–Crippen LogP) is -0.285. The summed E-state index contributed by atoms with van der Waals surface area (Å²) < 4.78 is 0. The summed E-state index contributed by atoms with van der Waals surface area (Å²) in [4.78, 5) is 11.0. The van der Waals surface area contributed by atoms with E-state index in [0.29, 0.717) is 5.82 Å². The van der Waals surface area contributed by atoms with Gasteiger partial charge >= 0.3 is 0 Å². The molecule has 6 heteroatoms. The van der Waals surface area contributed by atoms with Crippen LogP contribution < -0.4 is 5.32 Å². The lowest BCUT2D eigenvalue weighted by molar-refractivity contribution is -0.122. The van der Waals surface area contributed by atoms with E-state index in [9.17, 15) is 4.79 Å². The van der Waals surface area contributed by atoms with Crippen LogP contribution in [0.25, 0.3) is 0 Å². The fourth-order valence-corrected chi connectivity index (χ4v) is 1.64. The highest BCUT2D eigenvalue weighted by Crippen LogP contribution is 2.38. The van der Waals surface area contributed by atoms with Gasteiger partial charge in [-0.05, 0) is 19.3 Å². The van der Waals surface area contributed by atoms with Crippen LogP contribution in [0.1, 0.15) is 32.0 Å². The Balaban J connectivity index is 2.20. The van der Waals surface area contributed by atoms with E-state index in [4.69, 9.17) is 0 Å². The lowest BCUT2D eigenvalue weighted by Crippen LogP contribution is -2.50. The van der Waals surface area contributed by atoms with E-state index < -0.39 is 0 Å². The summed E-state index contributed by atoms with van der Waals surface area (Å²) in [6, 6.07) is 0. The molecule has 0 saturated heterocycles. The van der Waals surface area contributed by atoms with E-state index in [1.165, 1.54) is 6.92 Å². The number of amides is 1. The van der Waals surface area contributed by atoms with Crippen molar-refractivity contribution in [2.45, 2.75) is 31.7 Å². The Bertz CT molecular complexity index is 303. The maximum atomic E-state index is 11.0. The number of tetrazole rings is 1.